The molecule has 40 heavy (non-hydrogen) atoms. The number of quaternary nitrogens is 1. The van der Waals surface area contributed by atoms with E-state index in [9.17, 15) is 14.4 Å². The molecular formula is C33H62NO6+. The smallest absolute Gasteiger partial charge is 0.303 e. The molecule has 7 heteroatoms. The predicted octanol–water partition coefficient (Wildman–Crippen LogP) is 8.61. The fourth-order valence-electron chi connectivity index (χ4n) is 5.72. The number of allylic oxidation sites excluding steroid dienone is 2. The Morgan fingerprint density at radius 2 is 0.725 bits per heavy atom. The lowest BCUT2D eigenvalue weighted by Crippen LogP contribution is -2.51. The third-order valence-electron chi connectivity index (χ3n) is 8.06. The van der Waals surface area contributed by atoms with Crippen LogP contribution in [0.5, 0.6) is 0 Å². The van der Waals surface area contributed by atoms with Crippen molar-refractivity contribution in [1.82, 2.24) is 0 Å². The van der Waals surface area contributed by atoms with E-state index in [0.717, 1.165) is 19.4 Å². The molecule has 0 aliphatic heterocycles. The Balaban J connectivity index is 4.09. The zero-order valence-corrected chi connectivity index (χ0v) is 25.8. The molecule has 7 nitrogen and oxygen atoms in total. The summed E-state index contributed by atoms with van der Waals surface area (Å²) in [5, 5.41) is 27.3. The summed E-state index contributed by atoms with van der Waals surface area (Å²) in [7, 11) is 0. The first kappa shape index (κ1) is 38.1. The van der Waals surface area contributed by atoms with Gasteiger partial charge in [-0.1, -0.05) is 95.6 Å². The van der Waals surface area contributed by atoms with Gasteiger partial charge in [0.1, 0.15) is 0 Å². The van der Waals surface area contributed by atoms with Crippen LogP contribution in [0.25, 0.3) is 0 Å². The van der Waals surface area contributed by atoms with Gasteiger partial charge >= 0.3 is 17.9 Å². The van der Waals surface area contributed by atoms with Crippen LogP contribution in [0, 0.1) is 0 Å². The minimum Gasteiger partial charge on any atom is -0.481 e. The lowest BCUT2D eigenvalue weighted by atomic mass is 10.0. The fraction of sp³-hybridized carbons (Fsp3) is 0.848. The van der Waals surface area contributed by atoms with Crippen LogP contribution in [-0.4, -0.2) is 63.9 Å². The average molecular weight is 569 g/mol. The molecule has 0 aromatic rings. The second-order valence-electron chi connectivity index (χ2n) is 11.7. The molecule has 0 rings (SSSR count). The van der Waals surface area contributed by atoms with Gasteiger partial charge < -0.3 is 19.8 Å². The van der Waals surface area contributed by atoms with Gasteiger partial charge in [0.05, 0.1) is 45.4 Å². The van der Waals surface area contributed by atoms with E-state index in [0.29, 0.717) is 43.4 Å². The monoisotopic (exact) mass is 568 g/mol. The summed E-state index contributed by atoms with van der Waals surface area (Å²) in [5.41, 5.74) is 0. The van der Waals surface area contributed by atoms with Crippen LogP contribution >= 0.6 is 0 Å². The van der Waals surface area contributed by atoms with Crippen molar-refractivity contribution in [3.8, 4) is 0 Å². The summed E-state index contributed by atoms with van der Waals surface area (Å²) in [6.07, 6.45) is 28.4. The number of nitrogens with zero attached hydrogens (tertiary/aromatic N) is 1. The summed E-state index contributed by atoms with van der Waals surface area (Å²) in [6, 6.07) is 0. The molecule has 0 amide bonds. The van der Waals surface area contributed by atoms with Crippen LogP contribution < -0.4 is 0 Å². The normalized spacial score (nSPS) is 11.8. The summed E-state index contributed by atoms with van der Waals surface area (Å²) in [6.45, 7) is 4.97. The van der Waals surface area contributed by atoms with E-state index in [1.165, 1.54) is 96.3 Å². The highest BCUT2D eigenvalue weighted by Gasteiger charge is 2.27. The molecule has 0 aliphatic carbocycles. The Kier molecular flexibility index (Phi) is 26.0. The molecule has 0 atom stereocenters. The van der Waals surface area contributed by atoms with Gasteiger partial charge in [-0.15, -0.1) is 0 Å². The summed E-state index contributed by atoms with van der Waals surface area (Å²) in [4.78, 5) is 33.2. The molecule has 0 saturated heterocycles. The summed E-state index contributed by atoms with van der Waals surface area (Å²) in [5.74, 6) is -2.47. The highest BCUT2D eigenvalue weighted by atomic mass is 16.4. The zero-order valence-electron chi connectivity index (χ0n) is 25.8. The molecule has 0 unspecified atom stereocenters. The van der Waals surface area contributed by atoms with E-state index in [1.54, 1.807) is 0 Å². The van der Waals surface area contributed by atoms with E-state index in [-0.39, 0.29) is 19.3 Å². The van der Waals surface area contributed by atoms with Crippen molar-refractivity contribution in [2.24, 2.45) is 0 Å². The zero-order chi connectivity index (χ0) is 29.7. The summed E-state index contributed by atoms with van der Waals surface area (Å²) < 4.78 is 0.643. The van der Waals surface area contributed by atoms with Crippen LogP contribution in [-0.2, 0) is 14.4 Å². The molecule has 0 aromatic carbocycles. The van der Waals surface area contributed by atoms with Gasteiger partial charge in [0.15, 0.2) is 0 Å². The van der Waals surface area contributed by atoms with Gasteiger partial charge in [-0.3, -0.25) is 14.4 Å². The maximum Gasteiger partial charge on any atom is 0.303 e. The molecule has 234 valence electrons. The Labute approximate surface area is 245 Å². The standard InChI is InChI=1S/C33H61NO6/c1-2-3-4-5-6-7-8-9-10-11-12-13-14-15-16-17-18-19-20-27-34(28-21-24-31(35)36,29-22-25-32(37)38)30-23-26-33(39)40/h2-3H,4-30H2,1H3,(H2-,35,36,37,38,39,40)/p+1/b3-2+. The number of rotatable bonds is 31. The van der Waals surface area contributed by atoms with Crippen molar-refractivity contribution in [2.75, 3.05) is 26.2 Å². The van der Waals surface area contributed by atoms with Gasteiger partial charge in [-0.25, -0.2) is 0 Å². The predicted molar refractivity (Wildman–Crippen MR) is 164 cm³/mol. The molecule has 3 N–H and O–H groups in total. The van der Waals surface area contributed by atoms with Crippen LogP contribution in [0.4, 0.5) is 0 Å². The van der Waals surface area contributed by atoms with Gasteiger partial charge in [0.25, 0.3) is 0 Å². The van der Waals surface area contributed by atoms with E-state index in [2.05, 4.69) is 19.1 Å². The largest absolute Gasteiger partial charge is 0.481 e. The molecule has 0 bridgehead atoms. The first-order valence-corrected chi connectivity index (χ1v) is 16.4. The number of carboxylic acid groups (broad SMARTS) is 3. The van der Waals surface area contributed by atoms with Crippen molar-refractivity contribution in [3.63, 3.8) is 0 Å². The number of carbonyl (C=O) groups is 3. The number of unbranched alkanes of at least 4 members (excludes halogenated alkanes) is 16. The first-order chi connectivity index (χ1) is 19.3. The van der Waals surface area contributed by atoms with Crippen LogP contribution in [0.1, 0.15) is 155 Å². The molecule has 0 fully saturated rings. The van der Waals surface area contributed by atoms with Gasteiger partial charge in [0, 0.05) is 19.3 Å². The van der Waals surface area contributed by atoms with E-state index in [1.807, 2.05) is 0 Å². The van der Waals surface area contributed by atoms with E-state index in [4.69, 9.17) is 15.3 Å². The minimum atomic E-state index is -0.823. The molecule has 0 saturated carbocycles. The molecule has 0 aromatic heterocycles. The summed E-state index contributed by atoms with van der Waals surface area (Å²) >= 11 is 0. The second-order valence-corrected chi connectivity index (χ2v) is 11.7. The first-order valence-electron chi connectivity index (χ1n) is 16.4. The van der Waals surface area contributed by atoms with Crippen LogP contribution in [0.15, 0.2) is 12.2 Å². The quantitative estimate of drug-likeness (QED) is 0.0438. The van der Waals surface area contributed by atoms with Crippen molar-refractivity contribution < 1.29 is 34.2 Å². The Bertz CT molecular complexity index is 613. The SMILES string of the molecule is C/C=C/CCCCCCCCCCCCCCCCCC[N+](CCCC(=O)O)(CCCC(=O)O)CCCC(=O)O. The van der Waals surface area contributed by atoms with Gasteiger partial charge in [0.2, 0.25) is 0 Å². The number of hydrogen-bond donors (Lipinski definition) is 3. The highest BCUT2D eigenvalue weighted by Crippen LogP contribution is 2.19. The highest BCUT2D eigenvalue weighted by molar-refractivity contribution is 5.67. The van der Waals surface area contributed by atoms with Gasteiger partial charge in [-0.2, -0.15) is 0 Å². The van der Waals surface area contributed by atoms with E-state index < -0.39 is 17.9 Å². The van der Waals surface area contributed by atoms with Crippen molar-refractivity contribution >= 4 is 17.9 Å². The topological polar surface area (TPSA) is 112 Å². The maximum absolute atomic E-state index is 11.1. The van der Waals surface area contributed by atoms with E-state index >= 15 is 0 Å². The van der Waals surface area contributed by atoms with Crippen molar-refractivity contribution in [1.29, 1.82) is 0 Å². The Morgan fingerprint density at radius 1 is 0.450 bits per heavy atom. The lowest BCUT2D eigenvalue weighted by Gasteiger charge is -2.39. The maximum atomic E-state index is 11.1. The number of aliphatic carboxylic acids is 3. The number of carboxylic acids is 3. The fourth-order valence-corrected chi connectivity index (χ4v) is 5.72. The molecule has 0 spiro atoms. The molecule has 0 radical (unpaired) electrons. The van der Waals surface area contributed by atoms with Crippen LogP contribution in [0.2, 0.25) is 0 Å². The minimum absolute atomic E-state index is 0.0925. The Hall–Kier alpha value is -1.89. The van der Waals surface area contributed by atoms with Crippen molar-refractivity contribution in [3.05, 3.63) is 12.2 Å². The number of hydrogen-bond acceptors (Lipinski definition) is 3. The second kappa shape index (κ2) is 27.3. The Morgan fingerprint density at radius 3 is 1.02 bits per heavy atom. The molecule has 0 aliphatic rings. The molecular weight excluding hydrogens is 506 g/mol. The third kappa shape index (κ3) is 26.3. The molecule has 0 heterocycles. The lowest BCUT2D eigenvalue weighted by molar-refractivity contribution is -0.929. The van der Waals surface area contributed by atoms with Gasteiger partial charge in [-0.05, 0) is 32.6 Å². The van der Waals surface area contributed by atoms with Crippen molar-refractivity contribution in [2.45, 2.75) is 155 Å². The van der Waals surface area contributed by atoms with Crippen LogP contribution in [0.3, 0.4) is 0 Å². The third-order valence-corrected chi connectivity index (χ3v) is 8.06. The average Bonchev–Trinajstić information content (AvgIpc) is 2.89.